The van der Waals surface area contributed by atoms with E-state index in [1.165, 1.54) is 13.2 Å². The number of phenolic OH excluding ortho intramolecular Hbond substituents is 1. The molecule has 0 aromatic heterocycles. The first kappa shape index (κ1) is 10.2. The maximum atomic E-state index is 13.5. The van der Waals surface area contributed by atoms with Crippen molar-refractivity contribution >= 4 is 0 Å². The van der Waals surface area contributed by atoms with Crippen molar-refractivity contribution in [1.29, 1.82) is 0 Å². The molecule has 1 aromatic carbocycles. The number of methoxy groups -OCH3 is 1. The van der Waals surface area contributed by atoms with Crippen molar-refractivity contribution in [2.75, 3.05) is 13.7 Å². The van der Waals surface area contributed by atoms with Gasteiger partial charge in [0, 0.05) is 17.5 Å². The Morgan fingerprint density at radius 1 is 1.53 bits per heavy atom. The Labute approximate surface area is 87.7 Å². The molecule has 3 nitrogen and oxygen atoms in total. The van der Waals surface area contributed by atoms with Crippen LogP contribution in [0.15, 0.2) is 12.1 Å². The molecule has 0 radical (unpaired) electrons. The number of rotatable bonds is 3. The largest absolute Gasteiger partial charge is 0.505 e. The first-order chi connectivity index (χ1) is 7.14. The van der Waals surface area contributed by atoms with Crippen LogP contribution in [-0.4, -0.2) is 18.8 Å². The van der Waals surface area contributed by atoms with Gasteiger partial charge in [0.25, 0.3) is 0 Å². The number of hydrogen-bond acceptors (Lipinski definition) is 3. The summed E-state index contributed by atoms with van der Waals surface area (Å²) in [5.74, 6) is -0.962. The molecule has 1 aliphatic carbocycles. The van der Waals surface area contributed by atoms with Crippen molar-refractivity contribution in [2.45, 2.75) is 18.3 Å². The van der Waals surface area contributed by atoms with E-state index in [9.17, 15) is 9.50 Å². The van der Waals surface area contributed by atoms with Gasteiger partial charge >= 0.3 is 0 Å². The van der Waals surface area contributed by atoms with Gasteiger partial charge in [0.1, 0.15) is 0 Å². The van der Waals surface area contributed by atoms with Gasteiger partial charge in [-0.2, -0.15) is 4.39 Å². The number of phenols is 1. The summed E-state index contributed by atoms with van der Waals surface area (Å²) < 4.78 is 18.3. The zero-order valence-electron chi connectivity index (χ0n) is 8.59. The van der Waals surface area contributed by atoms with E-state index < -0.39 is 5.82 Å². The summed E-state index contributed by atoms with van der Waals surface area (Å²) in [5.41, 5.74) is 6.01. The molecule has 0 bridgehead atoms. The molecule has 3 N–H and O–H groups in total. The Morgan fingerprint density at radius 3 is 2.67 bits per heavy atom. The normalized spacial score (nSPS) is 17.5. The van der Waals surface area contributed by atoms with Crippen LogP contribution in [0.1, 0.15) is 18.4 Å². The van der Waals surface area contributed by atoms with Gasteiger partial charge in [-0.05, 0) is 18.9 Å². The SMILES string of the molecule is COc1ccc(C2(CN)CC2)c(O)c1F. The molecule has 15 heavy (non-hydrogen) atoms. The van der Waals surface area contributed by atoms with E-state index in [4.69, 9.17) is 10.5 Å². The smallest absolute Gasteiger partial charge is 0.206 e. The number of hydrogen-bond donors (Lipinski definition) is 2. The monoisotopic (exact) mass is 211 g/mol. The number of halogens is 1. The fraction of sp³-hybridized carbons (Fsp3) is 0.455. The Kier molecular flexibility index (Phi) is 2.31. The molecule has 0 amide bonds. The quantitative estimate of drug-likeness (QED) is 0.797. The number of aromatic hydroxyl groups is 1. The van der Waals surface area contributed by atoms with Crippen molar-refractivity contribution in [3.63, 3.8) is 0 Å². The van der Waals surface area contributed by atoms with Gasteiger partial charge in [-0.1, -0.05) is 6.07 Å². The first-order valence-electron chi connectivity index (χ1n) is 4.90. The lowest BCUT2D eigenvalue weighted by Crippen LogP contribution is -2.20. The zero-order chi connectivity index (χ0) is 11.1. The lowest BCUT2D eigenvalue weighted by molar-refractivity contribution is 0.359. The van der Waals surface area contributed by atoms with E-state index in [-0.39, 0.29) is 16.9 Å². The van der Waals surface area contributed by atoms with E-state index >= 15 is 0 Å². The summed E-state index contributed by atoms with van der Waals surface area (Å²) in [7, 11) is 1.37. The van der Waals surface area contributed by atoms with Crippen LogP contribution in [0.3, 0.4) is 0 Å². The topological polar surface area (TPSA) is 55.5 Å². The fourth-order valence-electron chi connectivity index (χ4n) is 1.87. The van der Waals surface area contributed by atoms with E-state index in [1.807, 2.05) is 0 Å². The predicted molar refractivity (Wildman–Crippen MR) is 54.6 cm³/mol. The number of ether oxygens (including phenoxy) is 1. The van der Waals surface area contributed by atoms with Crippen LogP contribution in [0, 0.1) is 5.82 Å². The Hall–Kier alpha value is -1.29. The van der Waals surface area contributed by atoms with Gasteiger partial charge < -0.3 is 15.6 Å². The number of nitrogens with two attached hydrogens (primary N) is 1. The molecule has 0 heterocycles. The minimum atomic E-state index is -0.699. The van der Waals surface area contributed by atoms with E-state index in [0.717, 1.165) is 12.8 Å². The average Bonchev–Trinajstić information content (AvgIpc) is 3.03. The molecule has 1 fully saturated rings. The highest BCUT2D eigenvalue weighted by atomic mass is 19.1. The van der Waals surface area contributed by atoms with Gasteiger partial charge in [0.15, 0.2) is 11.5 Å². The third-order valence-corrected chi connectivity index (χ3v) is 3.12. The second-order valence-corrected chi connectivity index (χ2v) is 3.96. The summed E-state index contributed by atoms with van der Waals surface area (Å²) in [5, 5.41) is 9.71. The van der Waals surface area contributed by atoms with Crippen molar-refractivity contribution in [1.82, 2.24) is 0 Å². The van der Waals surface area contributed by atoms with Crippen LogP contribution in [0.2, 0.25) is 0 Å². The van der Waals surface area contributed by atoms with E-state index in [0.29, 0.717) is 12.1 Å². The Balaban J connectivity index is 2.47. The van der Waals surface area contributed by atoms with E-state index in [1.54, 1.807) is 6.07 Å². The van der Waals surface area contributed by atoms with Gasteiger partial charge in [-0.3, -0.25) is 0 Å². The van der Waals surface area contributed by atoms with Gasteiger partial charge in [-0.25, -0.2) is 0 Å². The van der Waals surface area contributed by atoms with Crippen LogP contribution in [0.25, 0.3) is 0 Å². The number of benzene rings is 1. The predicted octanol–water partition coefficient (Wildman–Crippen LogP) is 1.53. The van der Waals surface area contributed by atoms with Crippen LogP contribution in [-0.2, 0) is 5.41 Å². The molecular formula is C11H14FNO2. The molecule has 0 aliphatic heterocycles. The Bertz CT molecular complexity index is 388. The lowest BCUT2D eigenvalue weighted by Gasteiger charge is -2.16. The lowest BCUT2D eigenvalue weighted by atomic mass is 9.95. The molecule has 0 unspecified atom stereocenters. The summed E-state index contributed by atoms with van der Waals surface area (Å²) in [4.78, 5) is 0. The first-order valence-corrected chi connectivity index (χ1v) is 4.90. The van der Waals surface area contributed by atoms with Crippen LogP contribution in [0.4, 0.5) is 4.39 Å². The molecule has 82 valence electrons. The van der Waals surface area contributed by atoms with E-state index in [2.05, 4.69) is 0 Å². The van der Waals surface area contributed by atoms with Gasteiger partial charge in [-0.15, -0.1) is 0 Å². The molecule has 4 heteroatoms. The molecular weight excluding hydrogens is 197 g/mol. The van der Waals surface area contributed by atoms with Crippen molar-refractivity contribution in [3.8, 4) is 11.5 Å². The third kappa shape index (κ3) is 1.45. The van der Waals surface area contributed by atoms with Crippen LogP contribution >= 0.6 is 0 Å². The highest BCUT2D eigenvalue weighted by molar-refractivity contribution is 5.48. The summed E-state index contributed by atoms with van der Waals surface area (Å²) in [6.45, 7) is 0.437. The third-order valence-electron chi connectivity index (χ3n) is 3.12. The molecule has 1 aliphatic rings. The standard InChI is InChI=1S/C11H14FNO2/c1-15-8-3-2-7(10(14)9(8)12)11(6-13)4-5-11/h2-3,14H,4-6,13H2,1H3. The van der Waals surface area contributed by atoms with Crippen molar-refractivity contribution in [2.24, 2.45) is 5.73 Å². The minimum absolute atomic E-state index is 0.0593. The fourth-order valence-corrected chi connectivity index (χ4v) is 1.87. The average molecular weight is 211 g/mol. The highest BCUT2D eigenvalue weighted by Crippen LogP contribution is 2.51. The Morgan fingerprint density at radius 2 is 2.20 bits per heavy atom. The van der Waals surface area contributed by atoms with Crippen LogP contribution in [0.5, 0.6) is 11.5 Å². The minimum Gasteiger partial charge on any atom is -0.505 e. The molecule has 0 atom stereocenters. The molecule has 0 saturated heterocycles. The molecule has 1 aromatic rings. The maximum absolute atomic E-state index is 13.5. The van der Waals surface area contributed by atoms with Crippen LogP contribution < -0.4 is 10.5 Å². The summed E-state index contributed by atoms with van der Waals surface area (Å²) >= 11 is 0. The van der Waals surface area contributed by atoms with Crippen molar-refractivity contribution < 1.29 is 14.2 Å². The highest BCUT2D eigenvalue weighted by Gasteiger charge is 2.45. The zero-order valence-corrected chi connectivity index (χ0v) is 8.59. The van der Waals surface area contributed by atoms with Crippen molar-refractivity contribution in [3.05, 3.63) is 23.5 Å². The molecule has 1 saturated carbocycles. The second kappa shape index (κ2) is 3.38. The maximum Gasteiger partial charge on any atom is 0.206 e. The molecule has 0 spiro atoms. The summed E-state index contributed by atoms with van der Waals surface area (Å²) in [6, 6.07) is 3.22. The second-order valence-electron chi connectivity index (χ2n) is 3.96. The van der Waals surface area contributed by atoms with Gasteiger partial charge in [0.2, 0.25) is 5.82 Å². The van der Waals surface area contributed by atoms with Gasteiger partial charge in [0.05, 0.1) is 7.11 Å². The summed E-state index contributed by atoms with van der Waals surface area (Å²) in [6.07, 6.45) is 1.81. The molecule has 2 rings (SSSR count).